The second-order valence-corrected chi connectivity index (χ2v) is 6.62. The maximum absolute atomic E-state index is 12.5. The molecule has 2 amide bonds. The average molecular weight is 344 g/mol. The number of piperazine rings is 1. The number of carbonyl (C=O) groups excluding carboxylic acids is 2. The first-order chi connectivity index (χ1) is 11.6. The second-order valence-electron chi connectivity index (χ2n) is 5.67. The van der Waals surface area contributed by atoms with Crippen LogP contribution < -0.4 is 4.74 Å². The van der Waals surface area contributed by atoms with E-state index in [0.29, 0.717) is 31.9 Å². The molecule has 0 saturated carbocycles. The van der Waals surface area contributed by atoms with Gasteiger partial charge in [0.25, 0.3) is 11.8 Å². The van der Waals surface area contributed by atoms with E-state index in [2.05, 4.69) is 0 Å². The molecule has 1 atom stereocenters. The van der Waals surface area contributed by atoms with Crippen LogP contribution in [0.4, 0.5) is 0 Å². The Morgan fingerprint density at radius 1 is 1.00 bits per heavy atom. The van der Waals surface area contributed by atoms with Gasteiger partial charge in [0.1, 0.15) is 5.75 Å². The molecule has 1 fully saturated rings. The fourth-order valence-electron chi connectivity index (χ4n) is 2.70. The van der Waals surface area contributed by atoms with Crippen molar-refractivity contribution in [3.63, 3.8) is 0 Å². The van der Waals surface area contributed by atoms with Gasteiger partial charge in [-0.3, -0.25) is 9.59 Å². The van der Waals surface area contributed by atoms with E-state index in [4.69, 9.17) is 4.74 Å². The van der Waals surface area contributed by atoms with Crippen molar-refractivity contribution in [3.8, 4) is 5.75 Å². The molecule has 3 rings (SSSR count). The number of ether oxygens (including phenoxy) is 1. The smallest absolute Gasteiger partial charge is 0.264 e. The lowest BCUT2D eigenvalue weighted by Gasteiger charge is -2.35. The summed E-state index contributed by atoms with van der Waals surface area (Å²) in [6.45, 7) is 3.95. The van der Waals surface area contributed by atoms with Crippen LogP contribution >= 0.6 is 11.3 Å². The van der Waals surface area contributed by atoms with Gasteiger partial charge in [0.15, 0.2) is 6.10 Å². The molecule has 0 aliphatic carbocycles. The molecule has 2 aromatic rings. The molecule has 126 valence electrons. The zero-order chi connectivity index (χ0) is 16.9. The first-order valence-electron chi connectivity index (χ1n) is 7.98. The third-order valence-electron chi connectivity index (χ3n) is 4.01. The largest absolute Gasteiger partial charge is 0.481 e. The highest BCUT2D eigenvalue weighted by atomic mass is 32.1. The number of amides is 2. The van der Waals surface area contributed by atoms with E-state index in [1.807, 2.05) is 47.8 Å². The van der Waals surface area contributed by atoms with Crippen molar-refractivity contribution in [1.82, 2.24) is 9.80 Å². The first kappa shape index (κ1) is 16.5. The van der Waals surface area contributed by atoms with Crippen LogP contribution in [-0.4, -0.2) is 53.9 Å². The fourth-order valence-corrected chi connectivity index (χ4v) is 3.39. The van der Waals surface area contributed by atoms with Crippen LogP contribution in [0.25, 0.3) is 0 Å². The van der Waals surface area contributed by atoms with E-state index in [0.717, 1.165) is 4.88 Å². The Balaban J connectivity index is 1.52. The molecule has 1 aliphatic heterocycles. The van der Waals surface area contributed by atoms with Gasteiger partial charge >= 0.3 is 0 Å². The molecule has 24 heavy (non-hydrogen) atoms. The summed E-state index contributed by atoms with van der Waals surface area (Å²) in [6.07, 6.45) is -0.535. The monoisotopic (exact) mass is 344 g/mol. The Kier molecular flexibility index (Phi) is 5.15. The van der Waals surface area contributed by atoms with Crippen LogP contribution in [0.1, 0.15) is 16.6 Å². The molecule has 0 bridgehead atoms. The quantitative estimate of drug-likeness (QED) is 0.856. The van der Waals surface area contributed by atoms with Crippen molar-refractivity contribution in [2.45, 2.75) is 13.0 Å². The van der Waals surface area contributed by atoms with Gasteiger partial charge in [-0.25, -0.2) is 0 Å². The number of carbonyl (C=O) groups is 2. The maximum Gasteiger partial charge on any atom is 0.264 e. The van der Waals surface area contributed by atoms with Gasteiger partial charge in [-0.15, -0.1) is 11.3 Å². The lowest BCUT2D eigenvalue weighted by atomic mass is 10.2. The van der Waals surface area contributed by atoms with Gasteiger partial charge in [0, 0.05) is 26.2 Å². The summed E-state index contributed by atoms with van der Waals surface area (Å²) in [6, 6.07) is 13.0. The zero-order valence-electron chi connectivity index (χ0n) is 13.6. The summed E-state index contributed by atoms with van der Waals surface area (Å²) in [4.78, 5) is 29.1. The molecule has 1 aromatic heterocycles. The molecule has 1 saturated heterocycles. The van der Waals surface area contributed by atoms with Crippen LogP contribution in [0.2, 0.25) is 0 Å². The van der Waals surface area contributed by atoms with Crippen molar-refractivity contribution in [2.75, 3.05) is 26.2 Å². The fraction of sp³-hybridized carbons (Fsp3) is 0.333. The first-order valence-corrected chi connectivity index (χ1v) is 8.86. The normalized spacial score (nSPS) is 15.9. The molecular formula is C18H20N2O3S. The summed E-state index contributed by atoms with van der Waals surface area (Å²) in [7, 11) is 0. The maximum atomic E-state index is 12.5. The van der Waals surface area contributed by atoms with Gasteiger partial charge < -0.3 is 14.5 Å². The lowest BCUT2D eigenvalue weighted by molar-refractivity contribution is -0.139. The molecule has 2 heterocycles. The number of hydrogen-bond acceptors (Lipinski definition) is 4. The Morgan fingerprint density at radius 2 is 1.67 bits per heavy atom. The molecule has 0 N–H and O–H groups in total. The molecule has 0 radical (unpaired) electrons. The van der Waals surface area contributed by atoms with E-state index >= 15 is 0 Å². The van der Waals surface area contributed by atoms with Crippen LogP contribution in [0.15, 0.2) is 47.8 Å². The van der Waals surface area contributed by atoms with Crippen LogP contribution in [0.5, 0.6) is 5.75 Å². The Bertz CT molecular complexity index is 680. The average Bonchev–Trinajstić information content (AvgIpc) is 3.16. The highest BCUT2D eigenvalue weighted by Crippen LogP contribution is 2.16. The number of para-hydroxylation sites is 1. The van der Waals surface area contributed by atoms with Crippen molar-refractivity contribution in [2.24, 2.45) is 0 Å². The van der Waals surface area contributed by atoms with E-state index in [-0.39, 0.29) is 11.8 Å². The minimum absolute atomic E-state index is 0.0397. The standard InChI is InChI=1S/C18H20N2O3S/c1-14(23-15-6-3-2-4-7-15)17(21)19-9-11-20(12-10-19)18(22)16-8-5-13-24-16/h2-8,13-14H,9-12H2,1H3/t14-/m0/s1. The molecule has 6 heteroatoms. The Labute approximate surface area is 145 Å². The van der Waals surface area contributed by atoms with Gasteiger partial charge in [-0.05, 0) is 30.5 Å². The minimum atomic E-state index is -0.535. The predicted octanol–water partition coefficient (Wildman–Crippen LogP) is 2.50. The van der Waals surface area contributed by atoms with Crippen molar-refractivity contribution in [1.29, 1.82) is 0 Å². The molecular weight excluding hydrogens is 324 g/mol. The number of thiophene rings is 1. The number of nitrogens with zero attached hydrogens (tertiary/aromatic N) is 2. The third-order valence-corrected chi connectivity index (χ3v) is 4.87. The number of benzene rings is 1. The van der Waals surface area contributed by atoms with Gasteiger partial charge in [0.05, 0.1) is 4.88 Å². The van der Waals surface area contributed by atoms with Crippen molar-refractivity contribution >= 4 is 23.2 Å². The predicted molar refractivity (Wildman–Crippen MR) is 93.3 cm³/mol. The van der Waals surface area contributed by atoms with E-state index < -0.39 is 6.10 Å². The number of hydrogen-bond donors (Lipinski definition) is 0. The summed E-state index contributed by atoms with van der Waals surface area (Å²) in [5.41, 5.74) is 0. The summed E-state index contributed by atoms with van der Waals surface area (Å²) in [5.74, 6) is 0.692. The molecule has 1 aliphatic rings. The Hall–Kier alpha value is -2.34. The number of rotatable bonds is 4. The second kappa shape index (κ2) is 7.49. The van der Waals surface area contributed by atoms with Crippen molar-refractivity contribution in [3.05, 3.63) is 52.7 Å². The van der Waals surface area contributed by atoms with E-state index in [9.17, 15) is 9.59 Å². The molecule has 0 spiro atoms. The molecule has 0 unspecified atom stereocenters. The lowest BCUT2D eigenvalue weighted by Crippen LogP contribution is -2.53. The summed E-state index contributed by atoms with van der Waals surface area (Å²) in [5, 5.41) is 1.90. The zero-order valence-corrected chi connectivity index (χ0v) is 14.4. The Morgan fingerprint density at radius 3 is 2.29 bits per heavy atom. The summed E-state index contributed by atoms with van der Waals surface area (Å²) < 4.78 is 5.69. The summed E-state index contributed by atoms with van der Waals surface area (Å²) >= 11 is 1.45. The SMILES string of the molecule is C[C@H](Oc1ccccc1)C(=O)N1CCN(C(=O)c2cccs2)CC1. The molecule has 1 aromatic carbocycles. The topological polar surface area (TPSA) is 49.9 Å². The van der Waals surface area contributed by atoms with Gasteiger partial charge in [0.2, 0.25) is 0 Å². The van der Waals surface area contributed by atoms with Gasteiger partial charge in [-0.2, -0.15) is 0 Å². The van der Waals surface area contributed by atoms with E-state index in [1.165, 1.54) is 11.3 Å². The highest BCUT2D eigenvalue weighted by Gasteiger charge is 2.28. The highest BCUT2D eigenvalue weighted by molar-refractivity contribution is 7.12. The van der Waals surface area contributed by atoms with Crippen molar-refractivity contribution < 1.29 is 14.3 Å². The van der Waals surface area contributed by atoms with Crippen LogP contribution in [-0.2, 0) is 4.79 Å². The minimum Gasteiger partial charge on any atom is -0.481 e. The molecule has 5 nitrogen and oxygen atoms in total. The van der Waals surface area contributed by atoms with E-state index in [1.54, 1.807) is 16.7 Å². The van der Waals surface area contributed by atoms with Crippen LogP contribution in [0, 0.1) is 0 Å². The third kappa shape index (κ3) is 3.76. The van der Waals surface area contributed by atoms with Crippen LogP contribution in [0.3, 0.4) is 0 Å². The van der Waals surface area contributed by atoms with Gasteiger partial charge in [-0.1, -0.05) is 24.3 Å².